The number of benzene rings is 1. The monoisotopic (exact) mass is 362 g/mol. The van der Waals surface area contributed by atoms with Crippen molar-refractivity contribution in [3.8, 4) is 0 Å². The van der Waals surface area contributed by atoms with E-state index in [0.29, 0.717) is 23.0 Å². The molecule has 0 unspecified atom stereocenters. The van der Waals surface area contributed by atoms with Crippen molar-refractivity contribution in [2.75, 3.05) is 0 Å². The summed E-state index contributed by atoms with van der Waals surface area (Å²) in [7, 11) is 0. The summed E-state index contributed by atoms with van der Waals surface area (Å²) in [5.41, 5.74) is 2.80. The lowest BCUT2D eigenvalue weighted by Crippen LogP contribution is -2.38. The van der Waals surface area contributed by atoms with E-state index in [-0.39, 0.29) is 11.5 Å². The second-order valence-electron chi connectivity index (χ2n) is 7.93. The topological polar surface area (TPSA) is 9.23 Å². The molecule has 2 aliphatic rings. The lowest BCUT2D eigenvalue weighted by molar-refractivity contribution is 0.00714. The molecule has 130 valence electrons. The smallest absolute Gasteiger partial charge is 0.0720 e. The van der Waals surface area contributed by atoms with Gasteiger partial charge < -0.3 is 4.74 Å². The molecule has 0 saturated carbocycles. The van der Waals surface area contributed by atoms with Crippen LogP contribution in [0.25, 0.3) is 0 Å². The Kier molecular flexibility index (Phi) is 5.48. The second-order valence-corrected chi connectivity index (χ2v) is 9.99. The quantitative estimate of drug-likeness (QED) is 0.645. The largest absolute Gasteiger partial charge is 0.373 e. The zero-order valence-corrected chi connectivity index (χ0v) is 16.5. The number of thioether (sulfide) groups is 1. The van der Waals surface area contributed by atoms with Gasteiger partial charge in [0.2, 0.25) is 0 Å². The summed E-state index contributed by atoms with van der Waals surface area (Å²) in [6.07, 6.45) is 7.77. The van der Waals surface area contributed by atoms with Gasteiger partial charge in [0, 0.05) is 21.5 Å². The van der Waals surface area contributed by atoms with Crippen molar-refractivity contribution < 1.29 is 4.74 Å². The average Bonchev–Trinajstić information content (AvgIpc) is 2.52. The maximum Gasteiger partial charge on any atom is 0.0720 e. The van der Waals surface area contributed by atoms with Crippen molar-refractivity contribution in [3.05, 3.63) is 58.7 Å². The standard InChI is InChI=1S/C21H27ClOS/c1-14-11-19(18-12-17(22)9-10-20(18)24-14)23-13-15-5-7-16(8-6-15)21(2,3)4/h5-10,12,14,18-20H,11,13H2,1-4H3/t14-,18+,19+,20+/m1/s1. The molecule has 24 heavy (non-hydrogen) atoms. The van der Waals surface area contributed by atoms with Crippen molar-refractivity contribution in [2.45, 2.75) is 62.7 Å². The van der Waals surface area contributed by atoms with Crippen molar-refractivity contribution in [1.29, 1.82) is 0 Å². The van der Waals surface area contributed by atoms with Gasteiger partial charge in [0.1, 0.15) is 0 Å². The molecule has 0 bridgehead atoms. The summed E-state index contributed by atoms with van der Waals surface area (Å²) in [5.74, 6) is 0.387. The zero-order chi connectivity index (χ0) is 17.3. The van der Waals surface area contributed by atoms with Crippen LogP contribution in [0.5, 0.6) is 0 Å². The number of allylic oxidation sites excluding steroid dienone is 2. The first-order valence-electron chi connectivity index (χ1n) is 8.75. The summed E-state index contributed by atoms with van der Waals surface area (Å²) in [6.45, 7) is 9.69. The normalized spacial score (nSPS) is 30.0. The summed E-state index contributed by atoms with van der Waals surface area (Å²) < 4.78 is 6.33. The van der Waals surface area contributed by atoms with Gasteiger partial charge in [-0.1, -0.05) is 75.7 Å². The number of rotatable bonds is 3. The number of halogens is 1. The van der Waals surface area contributed by atoms with Crippen LogP contribution >= 0.6 is 23.4 Å². The van der Waals surface area contributed by atoms with Gasteiger partial charge in [0.25, 0.3) is 0 Å². The molecule has 0 N–H and O–H groups in total. The van der Waals surface area contributed by atoms with Crippen LogP contribution in [0.4, 0.5) is 0 Å². The molecule has 1 aromatic carbocycles. The first-order chi connectivity index (χ1) is 11.3. The Balaban J connectivity index is 1.65. The first kappa shape index (κ1) is 18.1. The Morgan fingerprint density at radius 2 is 1.92 bits per heavy atom. The van der Waals surface area contributed by atoms with Gasteiger partial charge in [-0.15, -0.1) is 0 Å². The fourth-order valence-electron chi connectivity index (χ4n) is 3.40. The van der Waals surface area contributed by atoms with E-state index in [4.69, 9.17) is 16.3 Å². The first-order valence-corrected chi connectivity index (χ1v) is 10.1. The molecule has 1 aliphatic carbocycles. The molecular weight excluding hydrogens is 336 g/mol. The van der Waals surface area contributed by atoms with Crippen LogP contribution in [0.15, 0.2) is 47.5 Å². The minimum atomic E-state index is 0.193. The molecule has 1 aliphatic heterocycles. The van der Waals surface area contributed by atoms with Crippen molar-refractivity contribution in [3.63, 3.8) is 0 Å². The second kappa shape index (κ2) is 7.27. The minimum Gasteiger partial charge on any atom is -0.373 e. The SMILES string of the molecule is C[C@@H]1C[C@H](OCc2ccc(C(C)(C)C)cc2)[C@@H]2C=C(Cl)C=C[C@@H]2S1. The predicted molar refractivity (Wildman–Crippen MR) is 106 cm³/mol. The molecule has 0 aromatic heterocycles. The van der Waals surface area contributed by atoms with Crippen molar-refractivity contribution in [1.82, 2.24) is 0 Å². The van der Waals surface area contributed by atoms with Crippen molar-refractivity contribution in [2.24, 2.45) is 5.92 Å². The molecule has 4 atom stereocenters. The van der Waals surface area contributed by atoms with E-state index in [0.717, 1.165) is 11.5 Å². The van der Waals surface area contributed by atoms with Crippen molar-refractivity contribution >= 4 is 23.4 Å². The van der Waals surface area contributed by atoms with Crippen LogP contribution in [-0.2, 0) is 16.8 Å². The molecule has 3 heteroatoms. The molecule has 1 nitrogen and oxygen atoms in total. The van der Waals surface area contributed by atoms with E-state index in [2.05, 4.69) is 64.1 Å². The Hall–Kier alpha value is -0.700. The minimum absolute atomic E-state index is 0.193. The van der Waals surface area contributed by atoms with E-state index in [9.17, 15) is 0 Å². The van der Waals surface area contributed by atoms with Crippen LogP contribution < -0.4 is 0 Å². The lowest BCUT2D eigenvalue weighted by Gasteiger charge is -2.39. The maximum atomic E-state index is 6.33. The highest BCUT2D eigenvalue weighted by Crippen LogP contribution is 2.42. The average molecular weight is 363 g/mol. The third kappa shape index (κ3) is 4.28. The molecule has 3 rings (SSSR count). The van der Waals surface area contributed by atoms with Crippen LogP contribution in [-0.4, -0.2) is 16.6 Å². The van der Waals surface area contributed by atoms with E-state index >= 15 is 0 Å². The van der Waals surface area contributed by atoms with Crippen LogP contribution in [0.2, 0.25) is 0 Å². The predicted octanol–water partition coefficient (Wildman–Crippen LogP) is 6.07. The van der Waals surface area contributed by atoms with E-state index in [1.807, 2.05) is 17.8 Å². The van der Waals surface area contributed by atoms with E-state index < -0.39 is 0 Å². The Bertz CT molecular complexity index is 626. The number of hydrogen-bond acceptors (Lipinski definition) is 2. The van der Waals surface area contributed by atoms with Crippen LogP contribution in [0.1, 0.15) is 45.2 Å². The van der Waals surface area contributed by atoms with Gasteiger partial charge in [-0.25, -0.2) is 0 Å². The highest BCUT2D eigenvalue weighted by atomic mass is 35.5. The summed E-state index contributed by atoms with van der Waals surface area (Å²) in [4.78, 5) is 0. The molecule has 0 amide bonds. The molecule has 1 fully saturated rings. The molecule has 1 saturated heterocycles. The van der Waals surface area contributed by atoms with Crippen LogP contribution in [0, 0.1) is 5.92 Å². The van der Waals surface area contributed by atoms with Gasteiger partial charge in [0.05, 0.1) is 12.7 Å². The highest BCUT2D eigenvalue weighted by Gasteiger charge is 2.36. The van der Waals surface area contributed by atoms with Gasteiger partial charge in [-0.05, 0) is 29.0 Å². The summed E-state index contributed by atoms with van der Waals surface area (Å²) in [6, 6.07) is 8.84. The van der Waals surface area contributed by atoms with Gasteiger partial charge in [-0.2, -0.15) is 11.8 Å². The molecule has 0 spiro atoms. The maximum absolute atomic E-state index is 6.33. The van der Waals surface area contributed by atoms with Crippen LogP contribution in [0.3, 0.4) is 0 Å². The zero-order valence-electron chi connectivity index (χ0n) is 15.0. The Morgan fingerprint density at radius 3 is 2.58 bits per heavy atom. The summed E-state index contributed by atoms with van der Waals surface area (Å²) in [5, 5.41) is 1.95. The summed E-state index contributed by atoms with van der Waals surface area (Å²) >= 11 is 8.26. The number of fused-ring (bicyclic) bond motifs is 1. The third-order valence-corrected chi connectivity index (χ3v) is 6.54. The van der Waals surface area contributed by atoms with Gasteiger partial charge in [0.15, 0.2) is 0 Å². The number of hydrogen-bond donors (Lipinski definition) is 0. The Morgan fingerprint density at radius 1 is 1.21 bits per heavy atom. The Labute approximate surface area is 155 Å². The molecular formula is C21H27ClOS. The highest BCUT2D eigenvalue weighted by molar-refractivity contribution is 8.00. The van der Waals surface area contributed by atoms with E-state index in [1.165, 1.54) is 11.1 Å². The lowest BCUT2D eigenvalue weighted by atomic mass is 9.87. The number of ether oxygens (including phenoxy) is 1. The molecule has 1 heterocycles. The molecule has 0 radical (unpaired) electrons. The fraction of sp³-hybridized carbons (Fsp3) is 0.524. The fourth-order valence-corrected chi connectivity index (χ4v) is 5.06. The van der Waals surface area contributed by atoms with E-state index in [1.54, 1.807) is 0 Å². The molecule has 1 aromatic rings. The van der Waals surface area contributed by atoms with Gasteiger partial charge in [-0.3, -0.25) is 0 Å². The van der Waals surface area contributed by atoms with Gasteiger partial charge >= 0.3 is 0 Å². The third-order valence-electron chi connectivity index (χ3n) is 4.84.